The van der Waals surface area contributed by atoms with E-state index in [0.717, 1.165) is 5.56 Å². The van der Waals surface area contributed by atoms with Crippen LogP contribution in [-0.4, -0.2) is 41.7 Å². The predicted octanol–water partition coefficient (Wildman–Crippen LogP) is 1.00. The number of aromatic nitrogens is 2. The van der Waals surface area contributed by atoms with Crippen LogP contribution in [0.1, 0.15) is 16.9 Å². The summed E-state index contributed by atoms with van der Waals surface area (Å²) in [6.07, 6.45) is 0.470. The molecule has 1 N–H and O–H groups in total. The minimum absolute atomic E-state index is 0.0160. The van der Waals surface area contributed by atoms with Crippen LogP contribution < -0.4 is 5.32 Å². The van der Waals surface area contributed by atoms with Crippen LogP contribution in [0.15, 0.2) is 36.4 Å². The highest BCUT2D eigenvalue weighted by Gasteiger charge is 2.29. The van der Waals surface area contributed by atoms with E-state index in [1.54, 1.807) is 13.1 Å². The molecule has 0 unspecified atom stereocenters. The van der Waals surface area contributed by atoms with Crippen molar-refractivity contribution in [2.24, 2.45) is 7.05 Å². The van der Waals surface area contributed by atoms with Gasteiger partial charge in [-0.25, -0.2) is 8.42 Å². The van der Waals surface area contributed by atoms with Gasteiger partial charge in [-0.15, -0.1) is 0 Å². The Hall–Kier alpha value is -2.15. The van der Waals surface area contributed by atoms with Gasteiger partial charge in [-0.1, -0.05) is 30.3 Å². The van der Waals surface area contributed by atoms with Gasteiger partial charge in [-0.3, -0.25) is 9.48 Å². The first kappa shape index (κ1) is 14.8. The summed E-state index contributed by atoms with van der Waals surface area (Å²) in [6, 6.07) is 11.0. The van der Waals surface area contributed by atoms with Crippen LogP contribution in [0, 0.1) is 0 Å². The van der Waals surface area contributed by atoms with Gasteiger partial charge in [0.15, 0.2) is 9.84 Å². The SMILES string of the molecule is Cn1nc(-c2ccccc2)cc1C(=O)N[C@H]1CCS(=O)(=O)C1. The number of nitrogens with zero attached hydrogens (tertiary/aromatic N) is 2. The molecule has 1 aliphatic heterocycles. The molecule has 6 nitrogen and oxygen atoms in total. The first-order chi connectivity index (χ1) is 10.4. The van der Waals surface area contributed by atoms with Crippen molar-refractivity contribution in [2.75, 3.05) is 11.5 Å². The largest absolute Gasteiger partial charge is 0.347 e. The lowest BCUT2D eigenvalue weighted by atomic mass is 10.1. The van der Waals surface area contributed by atoms with Gasteiger partial charge in [0.2, 0.25) is 0 Å². The van der Waals surface area contributed by atoms with Crippen molar-refractivity contribution < 1.29 is 13.2 Å². The smallest absolute Gasteiger partial charge is 0.269 e. The first-order valence-electron chi connectivity index (χ1n) is 7.05. The number of nitrogens with one attached hydrogen (secondary N) is 1. The molecule has 2 heterocycles. The van der Waals surface area contributed by atoms with E-state index < -0.39 is 9.84 Å². The second-order valence-electron chi connectivity index (χ2n) is 5.48. The van der Waals surface area contributed by atoms with Crippen molar-refractivity contribution in [1.82, 2.24) is 15.1 Å². The summed E-state index contributed by atoms with van der Waals surface area (Å²) in [7, 11) is -1.31. The normalized spacial score (nSPS) is 20.0. The van der Waals surface area contributed by atoms with E-state index in [9.17, 15) is 13.2 Å². The summed E-state index contributed by atoms with van der Waals surface area (Å²) < 4.78 is 24.4. The van der Waals surface area contributed by atoms with E-state index in [1.807, 2.05) is 30.3 Å². The topological polar surface area (TPSA) is 81.1 Å². The van der Waals surface area contributed by atoms with Gasteiger partial charge in [0, 0.05) is 18.7 Å². The Balaban J connectivity index is 1.78. The van der Waals surface area contributed by atoms with Gasteiger partial charge in [-0.2, -0.15) is 5.10 Å². The molecule has 1 aliphatic rings. The van der Waals surface area contributed by atoms with Gasteiger partial charge < -0.3 is 5.32 Å². The summed E-state index contributed by atoms with van der Waals surface area (Å²) in [5, 5.41) is 7.12. The van der Waals surface area contributed by atoms with Crippen molar-refractivity contribution in [2.45, 2.75) is 12.5 Å². The van der Waals surface area contributed by atoms with Crippen LogP contribution in [0.2, 0.25) is 0 Å². The fraction of sp³-hybridized carbons (Fsp3) is 0.333. The number of carbonyl (C=O) groups is 1. The van der Waals surface area contributed by atoms with E-state index in [4.69, 9.17) is 0 Å². The third kappa shape index (κ3) is 3.04. The lowest BCUT2D eigenvalue weighted by Crippen LogP contribution is -2.36. The minimum atomic E-state index is -3.01. The van der Waals surface area contributed by atoms with Crippen LogP contribution in [0.25, 0.3) is 11.3 Å². The molecular formula is C15H17N3O3S. The number of sulfone groups is 1. The van der Waals surface area contributed by atoms with Crippen LogP contribution in [0.4, 0.5) is 0 Å². The Morgan fingerprint density at radius 3 is 2.68 bits per heavy atom. The van der Waals surface area contributed by atoms with Crippen molar-refractivity contribution in [3.8, 4) is 11.3 Å². The second kappa shape index (κ2) is 5.57. The maximum Gasteiger partial charge on any atom is 0.269 e. The van der Waals surface area contributed by atoms with Crippen molar-refractivity contribution in [3.63, 3.8) is 0 Å². The molecule has 2 aromatic rings. The fourth-order valence-electron chi connectivity index (χ4n) is 2.60. The van der Waals surface area contributed by atoms with Crippen molar-refractivity contribution >= 4 is 15.7 Å². The van der Waals surface area contributed by atoms with Crippen molar-refractivity contribution in [1.29, 1.82) is 0 Å². The molecule has 1 amide bonds. The third-order valence-corrected chi connectivity index (χ3v) is 5.52. The number of aryl methyl sites for hydroxylation is 1. The van der Waals surface area contributed by atoms with Gasteiger partial charge in [-0.05, 0) is 12.5 Å². The molecule has 3 rings (SSSR count). The number of carbonyl (C=O) groups excluding carboxylic acids is 1. The highest BCUT2D eigenvalue weighted by atomic mass is 32.2. The zero-order chi connectivity index (χ0) is 15.7. The molecule has 22 heavy (non-hydrogen) atoms. The summed E-state index contributed by atoms with van der Waals surface area (Å²) in [4.78, 5) is 12.3. The molecule has 7 heteroatoms. The monoisotopic (exact) mass is 319 g/mol. The molecule has 0 aliphatic carbocycles. The number of hydrogen-bond donors (Lipinski definition) is 1. The lowest BCUT2D eigenvalue weighted by molar-refractivity contribution is 0.0931. The highest BCUT2D eigenvalue weighted by molar-refractivity contribution is 7.91. The van der Waals surface area contributed by atoms with E-state index in [2.05, 4.69) is 10.4 Å². The molecular weight excluding hydrogens is 302 g/mol. The van der Waals surface area contributed by atoms with E-state index >= 15 is 0 Å². The van der Waals surface area contributed by atoms with Gasteiger partial charge in [0.05, 0.1) is 17.2 Å². The number of amides is 1. The zero-order valence-electron chi connectivity index (χ0n) is 12.2. The third-order valence-electron chi connectivity index (χ3n) is 3.75. The van der Waals surface area contributed by atoms with E-state index in [0.29, 0.717) is 17.8 Å². The zero-order valence-corrected chi connectivity index (χ0v) is 13.0. The maximum atomic E-state index is 12.3. The van der Waals surface area contributed by atoms with E-state index in [-0.39, 0.29) is 23.5 Å². The average molecular weight is 319 g/mol. The quantitative estimate of drug-likeness (QED) is 0.915. The fourth-order valence-corrected chi connectivity index (χ4v) is 4.27. The molecule has 1 aromatic carbocycles. The van der Waals surface area contributed by atoms with Gasteiger partial charge >= 0.3 is 0 Å². The highest BCUT2D eigenvalue weighted by Crippen LogP contribution is 2.19. The Morgan fingerprint density at radius 2 is 2.05 bits per heavy atom. The number of rotatable bonds is 3. The molecule has 1 saturated heterocycles. The lowest BCUT2D eigenvalue weighted by Gasteiger charge is -2.10. The Labute approximate surface area is 129 Å². The summed E-state index contributed by atoms with van der Waals surface area (Å²) in [5.74, 6) is -0.139. The summed E-state index contributed by atoms with van der Waals surface area (Å²) >= 11 is 0. The molecule has 0 bridgehead atoms. The minimum Gasteiger partial charge on any atom is -0.347 e. The molecule has 116 valence electrons. The first-order valence-corrected chi connectivity index (χ1v) is 8.87. The molecule has 0 radical (unpaired) electrons. The molecule has 1 atom stereocenters. The van der Waals surface area contributed by atoms with E-state index in [1.165, 1.54) is 4.68 Å². The average Bonchev–Trinajstić information content (AvgIpc) is 3.02. The van der Waals surface area contributed by atoms with Crippen molar-refractivity contribution in [3.05, 3.63) is 42.1 Å². The Kier molecular flexibility index (Phi) is 3.74. The standard InChI is InChI=1S/C15H17N3O3S/c1-18-14(9-13(17-18)11-5-3-2-4-6-11)15(19)16-12-7-8-22(20,21)10-12/h2-6,9,12H,7-8,10H2,1H3,(H,16,19)/t12-/m0/s1. The number of hydrogen-bond acceptors (Lipinski definition) is 4. The predicted molar refractivity (Wildman–Crippen MR) is 83.2 cm³/mol. The van der Waals surface area contributed by atoms with Gasteiger partial charge in [0.1, 0.15) is 5.69 Å². The second-order valence-corrected chi connectivity index (χ2v) is 7.71. The molecule has 1 aromatic heterocycles. The van der Waals surface area contributed by atoms with Gasteiger partial charge in [0.25, 0.3) is 5.91 Å². The van der Waals surface area contributed by atoms with Crippen LogP contribution in [0.3, 0.4) is 0 Å². The number of benzene rings is 1. The maximum absolute atomic E-state index is 12.3. The summed E-state index contributed by atoms with van der Waals surface area (Å²) in [5.41, 5.74) is 2.07. The summed E-state index contributed by atoms with van der Waals surface area (Å²) in [6.45, 7) is 0. The molecule has 0 spiro atoms. The Bertz CT molecular complexity index is 797. The molecule has 0 saturated carbocycles. The van der Waals surface area contributed by atoms with Crippen LogP contribution >= 0.6 is 0 Å². The van der Waals surface area contributed by atoms with Crippen LogP contribution in [0.5, 0.6) is 0 Å². The Morgan fingerprint density at radius 1 is 1.32 bits per heavy atom. The van der Waals surface area contributed by atoms with Crippen LogP contribution in [-0.2, 0) is 16.9 Å². The molecule has 1 fully saturated rings.